The van der Waals surface area contributed by atoms with E-state index in [1.165, 1.54) is 0 Å². The number of hydrogen-bond donors (Lipinski definition) is 0. The number of rotatable bonds is 4. The Morgan fingerprint density at radius 1 is 1.36 bits per heavy atom. The summed E-state index contributed by atoms with van der Waals surface area (Å²) in [4.78, 5) is 11.0. The second kappa shape index (κ2) is 8.14. The second-order valence-electron chi connectivity index (χ2n) is 2.91. The molecule has 0 aliphatic rings. The highest BCUT2D eigenvalue weighted by Crippen LogP contribution is 2.24. The molecular formula is C8H11BrI2O3. The summed E-state index contributed by atoms with van der Waals surface area (Å²) in [7, 11) is 0. The van der Waals surface area contributed by atoms with Crippen LogP contribution in [-0.2, 0) is 9.47 Å². The lowest BCUT2D eigenvalue weighted by Gasteiger charge is -2.07. The van der Waals surface area contributed by atoms with Crippen molar-refractivity contribution in [2.75, 3.05) is 13.2 Å². The minimum Gasteiger partial charge on any atom is -0.434 e. The van der Waals surface area contributed by atoms with Crippen LogP contribution in [0.25, 0.3) is 0 Å². The molecule has 0 amide bonds. The van der Waals surface area contributed by atoms with Gasteiger partial charge in [0.2, 0.25) is 0 Å². The van der Waals surface area contributed by atoms with Gasteiger partial charge in [-0.3, -0.25) is 0 Å². The normalized spacial score (nSPS) is 12.4. The van der Waals surface area contributed by atoms with Crippen LogP contribution in [0.2, 0.25) is 0 Å². The average Bonchev–Trinajstić information content (AvgIpc) is 2.10. The zero-order valence-corrected chi connectivity index (χ0v) is 13.8. The van der Waals surface area contributed by atoms with Gasteiger partial charge in [-0.15, -0.1) is 0 Å². The SMILES string of the molecule is CC(C)COC(=O)OCC(I)=C(Br)I. The third-order valence-electron chi connectivity index (χ3n) is 1.06. The Morgan fingerprint density at radius 3 is 2.36 bits per heavy atom. The standard InChI is InChI=1S/C8H11BrI2O3/c1-5(2)3-13-8(12)14-4-6(10)7(9)11/h5H,3-4H2,1-2H3. The summed E-state index contributed by atoms with van der Waals surface area (Å²) in [6, 6.07) is 0. The summed E-state index contributed by atoms with van der Waals surface area (Å²) >= 11 is 7.48. The molecule has 0 heterocycles. The van der Waals surface area contributed by atoms with Crippen LogP contribution < -0.4 is 0 Å². The third kappa shape index (κ3) is 8.27. The Hall–Kier alpha value is 0.950. The van der Waals surface area contributed by atoms with Gasteiger partial charge in [0.1, 0.15) is 6.61 Å². The molecule has 0 saturated carbocycles. The first kappa shape index (κ1) is 14.9. The molecular weight excluding hydrogens is 478 g/mol. The van der Waals surface area contributed by atoms with Crippen molar-refractivity contribution in [1.82, 2.24) is 0 Å². The van der Waals surface area contributed by atoms with Crippen molar-refractivity contribution in [3.8, 4) is 0 Å². The van der Waals surface area contributed by atoms with E-state index in [0.717, 1.165) is 6.07 Å². The van der Waals surface area contributed by atoms with Crippen LogP contribution in [0.1, 0.15) is 13.8 Å². The van der Waals surface area contributed by atoms with E-state index >= 15 is 0 Å². The lowest BCUT2D eigenvalue weighted by molar-refractivity contribution is 0.0548. The van der Waals surface area contributed by atoms with Gasteiger partial charge >= 0.3 is 6.16 Å². The maximum Gasteiger partial charge on any atom is 0.508 e. The molecule has 0 aromatic rings. The zero-order chi connectivity index (χ0) is 11.1. The fourth-order valence-corrected chi connectivity index (χ4v) is 0.879. The van der Waals surface area contributed by atoms with E-state index in [1.807, 2.05) is 13.8 Å². The molecule has 0 bridgehead atoms. The van der Waals surface area contributed by atoms with E-state index in [9.17, 15) is 4.79 Å². The highest BCUT2D eigenvalue weighted by Gasteiger charge is 2.07. The van der Waals surface area contributed by atoms with Gasteiger partial charge in [0.05, 0.1) is 9.10 Å². The van der Waals surface area contributed by atoms with Gasteiger partial charge in [0.15, 0.2) is 0 Å². The van der Waals surface area contributed by atoms with Crippen molar-refractivity contribution in [1.29, 1.82) is 0 Å². The Morgan fingerprint density at radius 2 is 1.93 bits per heavy atom. The van der Waals surface area contributed by atoms with Crippen LogP contribution in [-0.4, -0.2) is 19.4 Å². The Kier molecular flexibility index (Phi) is 8.70. The van der Waals surface area contributed by atoms with Crippen molar-refractivity contribution >= 4 is 67.3 Å². The van der Waals surface area contributed by atoms with Gasteiger partial charge in [-0.2, -0.15) is 0 Å². The molecule has 0 rings (SSSR count). The summed E-state index contributed by atoms with van der Waals surface area (Å²) in [6.45, 7) is 4.59. The maximum atomic E-state index is 11.0. The average molecular weight is 489 g/mol. The van der Waals surface area contributed by atoms with E-state index in [-0.39, 0.29) is 6.61 Å². The van der Waals surface area contributed by atoms with Crippen LogP contribution in [0.15, 0.2) is 6.07 Å². The molecule has 0 aromatic carbocycles. The zero-order valence-electron chi connectivity index (χ0n) is 7.85. The van der Waals surface area contributed by atoms with Crippen LogP contribution >= 0.6 is 61.1 Å². The number of hydrogen-bond acceptors (Lipinski definition) is 3. The Bertz CT molecular complexity index is 225. The lowest BCUT2D eigenvalue weighted by Crippen LogP contribution is -2.12. The van der Waals surface area contributed by atoms with Crippen molar-refractivity contribution in [3.63, 3.8) is 0 Å². The topological polar surface area (TPSA) is 35.5 Å². The van der Waals surface area contributed by atoms with Crippen LogP contribution in [0.5, 0.6) is 0 Å². The molecule has 0 aliphatic heterocycles. The molecule has 0 aliphatic carbocycles. The molecule has 0 N–H and O–H groups in total. The van der Waals surface area contributed by atoms with Gasteiger partial charge in [-0.1, -0.05) is 13.8 Å². The third-order valence-corrected chi connectivity index (χ3v) is 4.81. The summed E-state index contributed by atoms with van der Waals surface area (Å²) < 4.78 is 11.6. The predicted octanol–water partition coefficient (Wildman–Crippen LogP) is 4.23. The van der Waals surface area contributed by atoms with Crippen LogP contribution in [0, 0.1) is 5.92 Å². The lowest BCUT2D eigenvalue weighted by atomic mass is 10.2. The minimum absolute atomic E-state index is 0.251. The highest BCUT2D eigenvalue weighted by atomic mass is 127. The number of halogens is 3. The number of ether oxygens (including phenoxy) is 2. The maximum absolute atomic E-state index is 11.0. The fraction of sp³-hybridized carbons (Fsp3) is 0.625. The molecule has 0 radical (unpaired) electrons. The van der Waals surface area contributed by atoms with Crippen LogP contribution in [0.4, 0.5) is 4.79 Å². The van der Waals surface area contributed by atoms with Gasteiger partial charge in [0, 0.05) is 3.58 Å². The van der Waals surface area contributed by atoms with E-state index in [1.54, 1.807) is 0 Å². The van der Waals surface area contributed by atoms with E-state index in [2.05, 4.69) is 61.1 Å². The van der Waals surface area contributed by atoms with Gasteiger partial charge < -0.3 is 9.47 Å². The molecule has 0 aromatic heterocycles. The largest absolute Gasteiger partial charge is 0.508 e. The molecule has 0 atom stereocenters. The summed E-state index contributed by atoms with van der Waals surface area (Å²) in [5, 5.41) is 0. The molecule has 3 nitrogen and oxygen atoms in total. The van der Waals surface area contributed by atoms with Crippen molar-refractivity contribution in [3.05, 3.63) is 6.07 Å². The predicted molar refractivity (Wildman–Crippen MR) is 76.1 cm³/mol. The highest BCUT2D eigenvalue weighted by molar-refractivity contribution is 14.1. The van der Waals surface area contributed by atoms with E-state index in [4.69, 9.17) is 9.47 Å². The molecule has 0 spiro atoms. The monoisotopic (exact) mass is 488 g/mol. The fourth-order valence-electron chi connectivity index (χ4n) is 0.453. The number of carbonyl (C=O) groups excluding carboxylic acids is 1. The van der Waals surface area contributed by atoms with Crippen molar-refractivity contribution in [2.45, 2.75) is 13.8 Å². The molecule has 0 fully saturated rings. The first-order chi connectivity index (χ1) is 6.43. The van der Waals surface area contributed by atoms with Gasteiger partial charge in [-0.05, 0) is 67.0 Å². The molecule has 82 valence electrons. The number of carbonyl (C=O) groups is 1. The molecule has 0 unspecified atom stereocenters. The van der Waals surface area contributed by atoms with Gasteiger partial charge in [0.25, 0.3) is 0 Å². The van der Waals surface area contributed by atoms with Gasteiger partial charge in [-0.25, -0.2) is 4.79 Å². The minimum atomic E-state index is -0.613. The second-order valence-corrected chi connectivity index (χ2v) is 7.57. The molecule has 6 heteroatoms. The summed E-state index contributed by atoms with van der Waals surface area (Å²) in [6.07, 6.45) is -0.613. The quantitative estimate of drug-likeness (QED) is 0.439. The Balaban J connectivity index is 3.70. The first-order valence-corrected chi connectivity index (χ1v) is 6.87. The summed E-state index contributed by atoms with van der Waals surface area (Å²) in [5.74, 6) is 0.327. The Labute approximate surface area is 119 Å². The summed E-state index contributed by atoms with van der Waals surface area (Å²) in [5.41, 5.74) is 0. The molecule has 14 heavy (non-hydrogen) atoms. The van der Waals surface area contributed by atoms with Crippen molar-refractivity contribution in [2.24, 2.45) is 5.92 Å². The van der Waals surface area contributed by atoms with Crippen LogP contribution in [0.3, 0.4) is 0 Å². The smallest absolute Gasteiger partial charge is 0.434 e. The molecule has 0 saturated heterocycles. The first-order valence-electron chi connectivity index (χ1n) is 3.92. The van der Waals surface area contributed by atoms with Crippen molar-refractivity contribution < 1.29 is 14.3 Å². The van der Waals surface area contributed by atoms with E-state index < -0.39 is 6.16 Å². The van der Waals surface area contributed by atoms with E-state index in [0.29, 0.717) is 12.5 Å².